The number of hydrogen-bond donors (Lipinski definition) is 3. The Morgan fingerprint density at radius 2 is 2.12 bits per heavy atom. The maximum absolute atomic E-state index is 11.6. The summed E-state index contributed by atoms with van der Waals surface area (Å²) in [4.78, 5) is 3.36. The molecular formula is C7H10N4O4S2. The van der Waals surface area contributed by atoms with Gasteiger partial charge in [-0.05, 0) is 13.0 Å². The number of aromatic nitrogens is 1. The van der Waals surface area contributed by atoms with Crippen molar-refractivity contribution in [2.75, 3.05) is 12.0 Å². The van der Waals surface area contributed by atoms with Crippen molar-refractivity contribution in [2.45, 2.75) is 16.7 Å². The molecule has 2 rings (SSSR count). The van der Waals surface area contributed by atoms with Gasteiger partial charge in [0.2, 0.25) is 20.0 Å². The highest BCUT2D eigenvalue weighted by Gasteiger charge is 2.27. The zero-order chi connectivity index (χ0) is 12.8. The van der Waals surface area contributed by atoms with E-state index in [1.807, 2.05) is 0 Å². The molecule has 8 nitrogen and oxygen atoms in total. The number of nitrogens with zero attached hydrogens (tertiary/aromatic N) is 1. The molecule has 1 aromatic heterocycles. The minimum absolute atomic E-state index is 0.0104. The summed E-state index contributed by atoms with van der Waals surface area (Å²) in [7, 11) is -7.74. The Morgan fingerprint density at radius 1 is 1.47 bits per heavy atom. The van der Waals surface area contributed by atoms with E-state index in [-0.39, 0.29) is 28.0 Å². The summed E-state index contributed by atoms with van der Waals surface area (Å²) in [5.74, 6) is 0.119. The predicted molar refractivity (Wildman–Crippen MR) is 59.2 cm³/mol. The Kier molecular flexibility index (Phi) is 2.61. The van der Waals surface area contributed by atoms with Crippen molar-refractivity contribution in [2.24, 2.45) is 5.14 Å². The van der Waals surface area contributed by atoms with E-state index >= 15 is 0 Å². The average Bonchev–Trinajstić information content (AvgIpc) is 2.13. The summed E-state index contributed by atoms with van der Waals surface area (Å²) in [6.07, 6.45) is 0. The van der Waals surface area contributed by atoms with E-state index in [1.54, 1.807) is 0 Å². The normalized spacial score (nSPS) is 18.2. The lowest BCUT2D eigenvalue weighted by molar-refractivity contribution is 0.579. The van der Waals surface area contributed by atoms with Crippen LogP contribution in [-0.2, 0) is 20.0 Å². The van der Waals surface area contributed by atoms with Crippen LogP contribution in [0.2, 0.25) is 0 Å². The van der Waals surface area contributed by atoms with Gasteiger partial charge in [0.05, 0.1) is 12.4 Å². The van der Waals surface area contributed by atoms with E-state index < -0.39 is 20.0 Å². The smallest absolute Gasteiger partial charge is 0.245 e. The van der Waals surface area contributed by atoms with Gasteiger partial charge in [-0.1, -0.05) is 0 Å². The topological polar surface area (TPSA) is 131 Å². The van der Waals surface area contributed by atoms with Gasteiger partial charge in [0.15, 0.2) is 0 Å². The highest BCUT2D eigenvalue weighted by molar-refractivity contribution is 7.90. The van der Waals surface area contributed by atoms with Crippen molar-refractivity contribution in [3.05, 3.63) is 11.8 Å². The van der Waals surface area contributed by atoms with Crippen molar-refractivity contribution >= 4 is 25.9 Å². The van der Waals surface area contributed by atoms with Gasteiger partial charge in [-0.25, -0.2) is 27.0 Å². The van der Waals surface area contributed by atoms with Crippen LogP contribution in [0.1, 0.15) is 5.69 Å². The number of pyridine rings is 1. The predicted octanol–water partition coefficient (Wildman–Crippen LogP) is -1.30. The summed E-state index contributed by atoms with van der Waals surface area (Å²) >= 11 is 0. The van der Waals surface area contributed by atoms with Crippen LogP contribution in [0, 0.1) is 6.92 Å². The second-order valence-corrected chi connectivity index (χ2v) is 6.73. The quantitative estimate of drug-likeness (QED) is 0.585. The maximum atomic E-state index is 11.6. The third-order valence-corrected chi connectivity index (χ3v) is 4.69. The molecule has 1 aromatic rings. The van der Waals surface area contributed by atoms with Gasteiger partial charge < -0.3 is 5.32 Å². The molecule has 0 aliphatic carbocycles. The van der Waals surface area contributed by atoms with E-state index in [0.29, 0.717) is 0 Å². The first-order chi connectivity index (χ1) is 7.72. The Bertz CT molecular complexity index is 680. The Morgan fingerprint density at radius 3 is 2.71 bits per heavy atom. The Labute approximate surface area is 98.3 Å². The molecule has 4 N–H and O–H groups in total. The number of nitrogens with one attached hydrogen (secondary N) is 2. The van der Waals surface area contributed by atoms with Crippen LogP contribution >= 0.6 is 0 Å². The number of aryl methyl sites for hydroxylation is 1. The first-order valence-corrected chi connectivity index (χ1v) is 7.53. The van der Waals surface area contributed by atoms with Gasteiger partial charge in [-0.2, -0.15) is 4.72 Å². The number of sulfonamides is 2. The molecule has 0 fully saturated rings. The fourth-order valence-corrected chi connectivity index (χ4v) is 3.36. The first kappa shape index (κ1) is 12.2. The summed E-state index contributed by atoms with van der Waals surface area (Å²) < 4.78 is 48.0. The summed E-state index contributed by atoms with van der Waals surface area (Å²) in [5.41, 5.74) is 0.149. The van der Waals surface area contributed by atoms with Crippen LogP contribution in [0.15, 0.2) is 15.9 Å². The number of hydrogen-bond acceptors (Lipinski definition) is 6. The van der Waals surface area contributed by atoms with Crippen LogP contribution in [-0.4, -0.2) is 28.5 Å². The summed E-state index contributed by atoms with van der Waals surface area (Å²) in [6, 6.07) is 1.00. The molecular weight excluding hydrogens is 268 g/mol. The molecule has 0 aromatic carbocycles. The fourth-order valence-electron chi connectivity index (χ4n) is 1.48. The number of rotatable bonds is 1. The second-order valence-electron chi connectivity index (χ2n) is 3.46. The molecule has 0 amide bonds. The number of fused-ring (bicyclic) bond motifs is 1. The van der Waals surface area contributed by atoms with Crippen LogP contribution in [0.5, 0.6) is 0 Å². The molecule has 1 aliphatic rings. The lowest BCUT2D eigenvalue weighted by atomic mass is 10.3. The molecule has 0 bridgehead atoms. The van der Waals surface area contributed by atoms with Gasteiger partial charge in [0, 0.05) is 0 Å². The molecule has 0 atom stereocenters. The largest absolute Gasteiger partial charge is 0.355 e. The fraction of sp³-hybridized carbons (Fsp3) is 0.286. The molecule has 0 radical (unpaired) electrons. The molecule has 0 unspecified atom stereocenters. The third-order valence-electron chi connectivity index (χ3n) is 2.25. The molecule has 0 spiro atoms. The van der Waals surface area contributed by atoms with Crippen LogP contribution in [0.25, 0.3) is 0 Å². The van der Waals surface area contributed by atoms with Crippen molar-refractivity contribution in [3.63, 3.8) is 0 Å². The lowest BCUT2D eigenvalue weighted by Gasteiger charge is -2.19. The van der Waals surface area contributed by atoms with Crippen molar-refractivity contribution in [3.8, 4) is 0 Å². The highest BCUT2D eigenvalue weighted by atomic mass is 32.2. The van der Waals surface area contributed by atoms with E-state index in [1.165, 1.54) is 6.92 Å². The van der Waals surface area contributed by atoms with Crippen LogP contribution in [0.3, 0.4) is 0 Å². The van der Waals surface area contributed by atoms with Gasteiger partial charge in [-0.3, -0.25) is 0 Å². The zero-order valence-corrected chi connectivity index (χ0v) is 10.4. The standard InChI is InChI=1S/C7H10N4O4S2/c1-4-5(16(8,12)13)2-6-7(11-4)9-3-10-17(6,14)15/h2,10H,3H2,1H3,(H,9,11)(H2,8,12,13). The monoisotopic (exact) mass is 278 g/mol. The average molecular weight is 278 g/mol. The molecule has 10 heteroatoms. The SMILES string of the molecule is Cc1nc2c(cc1S(N)(=O)=O)S(=O)(=O)NCN2. The minimum Gasteiger partial charge on any atom is -0.355 e. The van der Waals surface area contributed by atoms with Crippen LogP contribution in [0.4, 0.5) is 5.82 Å². The molecule has 2 heterocycles. The lowest BCUT2D eigenvalue weighted by Crippen LogP contribution is -2.35. The van der Waals surface area contributed by atoms with Crippen LogP contribution < -0.4 is 15.2 Å². The molecule has 1 aliphatic heterocycles. The Balaban J connectivity index is 2.79. The minimum atomic E-state index is -4.00. The van der Waals surface area contributed by atoms with Gasteiger partial charge in [0.25, 0.3) is 0 Å². The highest BCUT2D eigenvalue weighted by Crippen LogP contribution is 2.26. The van der Waals surface area contributed by atoms with Crippen molar-refractivity contribution in [1.82, 2.24) is 9.71 Å². The van der Waals surface area contributed by atoms with Crippen molar-refractivity contribution < 1.29 is 16.8 Å². The first-order valence-electron chi connectivity index (χ1n) is 4.50. The van der Waals surface area contributed by atoms with E-state index in [0.717, 1.165) is 6.07 Å². The molecule has 17 heavy (non-hydrogen) atoms. The zero-order valence-electron chi connectivity index (χ0n) is 8.76. The Hall–Kier alpha value is -1.23. The number of primary sulfonamides is 1. The number of nitrogens with two attached hydrogens (primary N) is 1. The maximum Gasteiger partial charge on any atom is 0.245 e. The van der Waals surface area contributed by atoms with Gasteiger partial charge in [0.1, 0.15) is 15.6 Å². The van der Waals surface area contributed by atoms with Crippen molar-refractivity contribution in [1.29, 1.82) is 0 Å². The number of anilines is 1. The summed E-state index contributed by atoms with van der Waals surface area (Å²) in [5, 5.41) is 7.68. The van der Waals surface area contributed by atoms with E-state index in [2.05, 4.69) is 15.0 Å². The molecule has 0 saturated heterocycles. The van der Waals surface area contributed by atoms with Gasteiger partial charge >= 0.3 is 0 Å². The molecule has 94 valence electrons. The third kappa shape index (κ3) is 2.11. The van der Waals surface area contributed by atoms with E-state index in [4.69, 9.17) is 5.14 Å². The second kappa shape index (κ2) is 3.63. The van der Waals surface area contributed by atoms with Gasteiger partial charge in [-0.15, -0.1) is 0 Å². The van der Waals surface area contributed by atoms with E-state index in [9.17, 15) is 16.8 Å². The molecule has 0 saturated carbocycles. The summed E-state index contributed by atoms with van der Waals surface area (Å²) in [6.45, 7) is 1.45.